The minimum Gasteiger partial charge on any atom is -0.465 e. The predicted molar refractivity (Wildman–Crippen MR) is 66.2 cm³/mol. The van der Waals surface area contributed by atoms with E-state index in [-0.39, 0.29) is 11.8 Å². The molecule has 2 rings (SSSR count). The SMILES string of the molecule is O=C(OCCCC(O)(C(F)(F)F)C(F)(F)F)C1CC2CCC1C2. The zero-order valence-electron chi connectivity index (χ0n) is 12.2. The molecule has 1 N–H and O–H groups in total. The van der Waals surface area contributed by atoms with Crippen molar-refractivity contribution in [3.8, 4) is 0 Å². The molecule has 0 aromatic carbocycles. The van der Waals surface area contributed by atoms with Gasteiger partial charge in [0.1, 0.15) is 0 Å². The first-order valence-corrected chi connectivity index (χ1v) is 7.48. The average molecular weight is 348 g/mol. The third-order valence-corrected chi connectivity index (χ3v) is 4.91. The van der Waals surface area contributed by atoms with Crippen molar-refractivity contribution >= 4 is 5.97 Å². The minimum absolute atomic E-state index is 0.217. The predicted octanol–water partition coefficient (Wildman–Crippen LogP) is 3.60. The molecule has 2 bridgehead atoms. The molecular formula is C14H18F6O3. The number of rotatable bonds is 5. The van der Waals surface area contributed by atoms with Crippen LogP contribution in [-0.2, 0) is 9.53 Å². The second-order valence-electron chi connectivity index (χ2n) is 6.41. The van der Waals surface area contributed by atoms with Gasteiger partial charge >= 0.3 is 18.3 Å². The number of alkyl halides is 6. The molecule has 3 nitrogen and oxygen atoms in total. The molecule has 3 atom stereocenters. The lowest BCUT2D eigenvalue weighted by Crippen LogP contribution is -2.56. The number of hydrogen-bond acceptors (Lipinski definition) is 3. The molecule has 0 spiro atoms. The van der Waals surface area contributed by atoms with Gasteiger partial charge in [-0.05, 0) is 43.9 Å². The molecule has 0 heterocycles. The van der Waals surface area contributed by atoms with E-state index in [9.17, 15) is 31.1 Å². The van der Waals surface area contributed by atoms with Gasteiger partial charge < -0.3 is 9.84 Å². The molecule has 2 fully saturated rings. The number of hydrogen-bond donors (Lipinski definition) is 1. The van der Waals surface area contributed by atoms with E-state index in [1.165, 1.54) is 0 Å². The van der Waals surface area contributed by atoms with E-state index in [0.717, 1.165) is 19.3 Å². The molecule has 2 aliphatic carbocycles. The van der Waals surface area contributed by atoms with Crippen LogP contribution in [0.4, 0.5) is 26.3 Å². The van der Waals surface area contributed by atoms with Crippen LogP contribution in [-0.4, -0.2) is 35.6 Å². The summed E-state index contributed by atoms with van der Waals surface area (Å²) in [5, 5.41) is 8.96. The molecule has 0 aromatic heterocycles. The maximum absolute atomic E-state index is 12.5. The average Bonchev–Trinajstić information content (AvgIpc) is 3.02. The van der Waals surface area contributed by atoms with E-state index in [1.54, 1.807) is 0 Å². The van der Waals surface area contributed by atoms with Crippen molar-refractivity contribution in [3.63, 3.8) is 0 Å². The van der Waals surface area contributed by atoms with Crippen molar-refractivity contribution in [2.24, 2.45) is 17.8 Å². The molecule has 9 heteroatoms. The largest absolute Gasteiger partial charge is 0.465 e. The molecule has 2 aliphatic rings. The first kappa shape index (κ1) is 18.4. The van der Waals surface area contributed by atoms with Crippen molar-refractivity contribution in [1.29, 1.82) is 0 Å². The van der Waals surface area contributed by atoms with Crippen molar-refractivity contribution in [2.45, 2.75) is 56.5 Å². The Kier molecular flexibility index (Phi) is 4.90. The minimum atomic E-state index is -5.83. The Hall–Kier alpha value is -0.990. The van der Waals surface area contributed by atoms with Crippen LogP contribution in [0.25, 0.3) is 0 Å². The Morgan fingerprint density at radius 3 is 2.09 bits per heavy atom. The Bertz CT molecular complexity index is 431. The number of halogens is 6. The van der Waals surface area contributed by atoms with Gasteiger partial charge in [0.15, 0.2) is 0 Å². The fraction of sp³-hybridized carbons (Fsp3) is 0.929. The smallest absolute Gasteiger partial charge is 0.426 e. The summed E-state index contributed by atoms with van der Waals surface area (Å²) in [7, 11) is 0. The quantitative estimate of drug-likeness (QED) is 0.469. The first-order chi connectivity index (χ1) is 10.5. The van der Waals surface area contributed by atoms with Gasteiger partial charge in [-0.15, -0.1) is 0 Å². The van der Waals surface area contributed by atoms with Crippen LogP contribution in [0.15, 0.2) is 0 Å². The fourth-order valence-corrected chi connectivity index (χ4v) is 3.59. The van der Waals surface area contributed by atoms with Crippen LogP contribution in [0.5, 0.6) is 0 Å². The van der Waals surface area contributed by atoms with E-state index in [2.05, 4.69) is 0 Å². The third kappa shape index (κ3) is 3.59. The Morgan fingerprint density at radius 2 is 1.65 bits per heavy atom. The van der Waals surface area contributed by atoms with Gasteiger partial charge in [-0.1, -0.05) is 6.42 Å². The Labute approximate surface area is 129 Å². The molecule has 134 valence electrons. The lowest BCUT2D eigenvalue weighted by molar-refractivity contribution is -0.370. The van der Waals surface area contributed by atoms with Crippen LogP contribution in [0, 0.1) is 17.8 Å². The highest BCUT2D eigenvalue weighted by Gasteiger charge is 2.69. The normalized spacial score (nSPS) is 28.2. The summed E-state index contributed by atoms with van der Waals surface area (Å²) in [5.74, 6) is -0.162. The van der Waals surface area contributed by atoms with Crippen LogP contribution in [0.2, 0.25) is 0 Å². The van der Waals surface area contributed by atoms with Crippen molar-refractivity contribution in [3.05, 3.63) is 0 Å². The van der Waals surface area contributed by atoms with Crippen molar-refractivity contribution in [2.75, 3.05) is 6.61 Å². The summed E-state index contributed by atoms with van der Waals surface area (Å²) >= 11 is 0. The van der Waals surface area contributed by atoms with Crippen LogP contribution in [0.1, 0.15) is 38.5 Å². The molecule has 0 saturated heterocycles. The monoisotopic (exact) mass is 348 g/mol. The molecular weight excluding hydrogens is 330 g/mol. The fourth-order valence-electron chi connectivity index (χ4n) is 3.59. The van der Waals surface area contributed by atoms with Crippen LogP contribution < -0.4 is 0 Å². The molecule has 0 radical (unpaired) electrons. The summed E-state index contributed by atoms with van der Waals surface area (Å²) in [5.41, 5.74) is -4.78. The lowest BCUT2D eigenvalue weighted by atomic mass is 9.89. The molecule has 3 unspecified atom stereocenters. The standard InChI is InChI=1S/C14H18F6O3/c15-13(16,17)12(22,14(18,19)20)4-1-5-23-11(21)10-7-8-2-3-9(10)6-8/h8-10,22H,1-7H2. The Morgan fingerprint density at radius 1 is 1.04 bits per heavy atom. The van der Waals surface area contributed by atoms with E-state index >= 15 is 0 Å². The van der Waals surface area contributed by atoms with E-state index in [0.29, 0.717) is 12.3 Å². The molecule has 2 saturated carbocycles. The van der Waals surface area contributed by atoms with Crippen LogP contribution in [0.3, 0.4) is 0 Å². The number of carbonyl (C=O) groups excluding carboxylic acids is 1. The van der Waals surface area contributed by atoms with E-state index in [1.807, 2.05) is 0 Å². The van der Waals surface area contributed by atoms with Gasteiger partial charge in [-0.2, -0.15) is 26.3 Å². The van der Waals surface area contributed by atoms with Gasteiger partial charge in [0.2, 0.25) is 0 Å². The van der Waals surface area contributed by atoms with Gasteiger partial charge in [0.05, 0.1) is 12.5 Å². The number of fused-ring (bicyclic) bond motifs is 2. The van der Waals surface area contributed by atoms with Crippen LogP contribution >= 0.6 is 0 Å². The summed E-state index contributed by atoms with van der Waals surface area (Å²) < 4.78 is 79.6. The Balaban J connectivity index is 1.80. The van der Waals surface area contributed by atoms with Crippen molar-refractivity contribution in [1.82, 2.24) is 0 Å². The van der Waals surface area contributed by atoms with Gasteiger partial charge in [0.25, 0.3) is 5.60 Å². The molecule has 0 amide bonds. The number of carbonyl (C=O) groups is 1. The highest BCUT2D eigenvalue weighted by Crippen LogP contribution is 2.49. The van der Waals surface area contributed by atoms with Gasteiger partial charge in [-0.25, -0.2) is 0 Å². The summed E-state index contributed by atoms with van der Waals surface area (Å²) in [6.07, 6.45) is -10.4. The zero-order chi connectivity index (χ0) is 17.5. The lowest BCUT2D eigenvalue weighted by Gasteiger charge is -2.32. The third-order valence-electron chi connectivity index (χ3n) is 4.91. The van der Waals surface area contributed by atoms with E-state index < -0.39 is 43.4 Å². The van der Waals surface area contributed by atoms with Crippen molar-refractivity contribution < 1.29 is 41.0 Å². The number of aliphatic hydroxyl groups is 1. The first-order valence-electron chi connectivity index (χ1n) is 7.48. The van der Waals surface area contributed by atoms with Gasteiger partial charge in [-0.3, -0.25) is 4.79 Å². The second-order valence-corrected chi connectivity index (χ2v) is 6.41. The highest BCUT2D eigenvalue weighted by atomic mass is 19.4. The second kappa shape index (κ2) is 6.14. The zero-order valence-corrected chi connectivity index (χ0v) is 12.2. The number of esters is 1. The molecule has 23 heavy (non-hydrogen) atoms. The maximum Gasteiger partial charge on any atom is 0.426 e. The number of ether oxygens (including phenoxy) is 1. The van der Waals surface area contributed by atoms with Gasteiger partial charge in [0, 0.05) is 0 Å². The summed E-state index contributed by atoms with van der Waals surface area (Å²) in [6.45, 7) is -0.568. The highest BCUT2D eigenvalue weighted by molar-refractivity contribution is 5.73. The maximum atomic E-state index is 12.5. The summed E-state index contributed by atoms with van der Waals surface area (Å²) in [4.78, 5) is 11.8. The van der Waals surface area contributed by atoms with E-state index in [4.69, 9.17) is 9.84 Å². The summed E-state index contributed by atoms with van der Waals surface area (Å²) in [6, 6.07) is 0. The molecule has 0 aliphatic heterocycles. The molecule has 0 aromatic rings. The topological polar surface area (TPSA) is 46.5 Å².